The number of hydrogen-bond acceptors (Lipinski definition) is 2. The molecule has 114 valence electrons. The summed E-state index contributed by atoms with van der Waals surface area (Å²) in [5.41, 5.74) is 3.86. The molecule has 3 heteroatoms. The Morgan fingerprint density at radius 2 is 1.73 bits per heavy atom. The Morgan fingerprint density at radius 3 is 2.41 bits per heavy atom. The molecule has 0 saturated carbocycles. The van der Waals surface area contributed by atoms with Crippen molar-refractivity contribution in [1.82, 2.24) is 4.90 Å². The predicted octanol–water partition coefficient (Wildman–Crippen LogP) is 3.84. The molecule has 0 spiro atoms. The van der Waals surface area contributed by atoms with Crippen LogP contribution in [-0.4, -0.2) is 23.9 Å². The van der Waals surface area contributed by atoms with Crippen LogP contribution in [0.5, 0.6) is 0 Å². The number of hydrogen-bond donors (Lipinski definition) is 1. The minimum absolute atomic E-state index is 0.0506. The Labute approximate surface area is 132 Å². The largest absolute Gasteiger partial charge is 0.322 e. The van der Waals surface area contributed by atoms with Crippen LogP contribution in [0.4, 0.5) is 5.69 Å². The molecule has 0 bridgehead atoms. The molecule has 0 atom stereocenters. The van der Waals surface area contributed by atoms with Crippen molar-refractivity contribution in [3.05, 3.63) is 65.2 Å². The predicted molar refractivity (Wildman–Crippen MR) is 90.1 cm³/mol. The third-order valence-corrected chi connectivity index (χ3v) is 4.21. The summed E-state index contributed by atoms with van der Waals surface area (Å²) in [5, 5.41) is 2.97. The van der Waals surface area contributed by atoms with Crippen LogP contribution in [0.25, 0.3) is 0 Å². The zero-order valence-electron chi connectivity index (χ0n) is 13.0. The fourth-order valence-electron chi connectivity index (χ4n) is 2.92. The van der Waals surface area contributed by atoms with E-state index in [1.54, 1.807) is 0 Å². The van der Waals surface area contributed by atoms with Gasteiger partial charge >= 0.3 is 0 Å². The molecule has 0 unspecified atom stereocenters. The molecular formula is C19H22N2O. The quantitative estimate of drug-likeness (QED) is 0.929. The van der Waals surface area contributed by atoms with Crippen molar-refractivity contribution in [3.63, 3.8) is 0 Å². The Kier molecular flexibility index (Phi) is 4.54. The maximum absolute atomic E-state index is 12.3. The molecule has 1 aliphatic rings. The molecule has 2 aromatic carbocycles. The van der Waals surface area contributed by atoms with E-state index in [-0.39, 0.29) is 5.91 Å². The first-order chi connectivity index (χ1) is 10.7. The van der Waals surface area contributed by atoms with E-state index in [1.165, 1.54) is 31.5 Å². The van der Waals surface area contributed by atoms with Gasteiger partial charge in [-0.25, -0.2) is 0 Å². The first kappa shape index (κ1) is 14.8. The molecule has 1 amide bonds. The van der Waals surface area contributed by atoms with E-state index in [4.69, 9.17) is 0 Å². The standard InChI is InChI=1S/C19H22N2O/c1-15-6-2-3-7-18(15)19(22)20-17-10-8-16(9-11-17)14-21-12-4-5-13-21/h2-3,6-11H,4-5,12-14H2,1H3,(H,20,22). The lowest BCUT2D eigenvalue weighted by atomic mass is 10.1. The molecular weight excluding hydrogens is 272 g/mol. The Balaban J connectivity index is 1.63. The Bertz CT molecular complexity index is 643. The molecule has 0 aromatic heterocycles. The van der Waals surface area contributed by atoms with Gasteiger partial charge in [-0.3, -0.25) is 9.69 Å². The van der Waals surface area contributed by atoms with Gasteiger partial charge in [-0.2, -0.15) is 0 Å². The highest BCUT2D eigenvalue weighted by atomic mass is 16.1. The number of aryl methyl sites for hydroxylation is 1. The van der Waals surface area contributed by atoms with Crippen LogP contribution in [0.2, 0.25) is 0 Å². The fourth-order valence-corrected chi connectivity index (χ4v) is 2.92. The SMILES string of the molecule is Cc1ccccc1C(=O)Nc1ccc(CN2CCCC2)cc1. The maximum atomic E-state index is 12.3. The van der Waals surface area contributed by atoms with Crippen molar-refractivity contribution in [3.8, 4) is 0 Å². The van der Waals surface area contributed by atoms with Gasteiger partial charge in [-0.05, 0) is 62.2 Å². The van der Waals surface area contributed by atoms with Crippen molar-refractivity contribution < 1.29 is 4.79 Å². The summed E-state index contributed by atoms with van der Waals surface area (Å²) >= 11 is 0. The molecule has 3 rings (SSSR count). The third kappa shape index (κ3) is 3.55. The Hall–Kier alpha value is -2.13. The van der Waals surface area contributed by atoms with E-state index in [1.807, 2.05) is 43.3 Å². The van der Waals surface area contributed by atoms with E-state index in [0.717, 1.165) is 23.4 Å². The fraction of sp³-hybridized carbons (Fsp3) is 0.316. The highest BCUT2D eigenvalue weighted by molar-refractivity contribution is 6.05. The van der Waals surface area contributed by atoms with Gasteiger partial charge in [0.05, 0.1) is 0 Å². The van der Waals surface area contributed by atoms with Crippen molar-refractivity contribution in [2.24, 2.45) is 0 Å². The monoisotopic (exact) mass is 294 g/mol. The smallest absolute Gasteiger partial charge is 0.255 e. The van der Waals surface area contributed by atoms with Crippen LogP contribution in [0.1, 0.15) is 34.3 Å². The summed E-state index contributed by atoms with van der Waals surface area (Å²) in [5.74, 6) is -0.0506. The van der Waals surface area contributed by atoms with Crippen LogP contribution < -0.4 is 5.32 Å². The van der Waals surface area contributed by atoms with Gasteiger partial charge in [-0.1, -0.05) is 30.3 Å². The zero-order valence-corrected chi connectivity index (χ0v) is 13.0. The topological polar surface area (TPSA) is 32.3 Å². The van der Waals surface area contributed by atoms with Gasteiger partial charge in [0, 0.05) is 17.8 Å². The first-order valence-corrected chi connectivity index (χ1v) is 7.91. The summed E-state index contributed by atoms with van der Waals surface area (Å²) in [6.07, 6.45) is 2.62. The molecule has 1 fully saturated rings. The average Bonchev–Trinajstić information content (AvgIpc) is 3.02. The Morgan fingerprint density at radius 1 is 1.05 bits per heavy atom. The molecule has 2 aromatic rings. The third-order valence-electron chi connectivity index (χ3n) is 4.21. The molecule has 1 heterocycles. The van der Waals surface area contributed by atoms with Crippen molar-refractivity contribution in [2.75, 3.05) is 18.4 Å². The van der Waals surface area contributed by atoms with Gasteiger partial charge in [0.1, 0.15) is 0 Å². The van der Waals surface area contributed by atoms with Crippen molar-refractivity contribution in [1.29, 1.82) is 0 Å². The molecule has 1 N–H and O–H groups in total. The van der Waals surface area contributed by atoms with Crippen LogP contribution in [0.3, 0.4) is 0 Å². The van der Waals surface area contributed by atoms with Crippen LogP contribution in [-0.2, 0) is 6.54 Å². The molecule has 22 heavy (non-hydrogen) atoms. The first-order valence-electron chi connectivity index (χ1n) is 7.91. The summed E-state index contributed by atoms with van der Waals surface area (Å²) in [4.78, 5) is 14.8. The second-order valence-corrected chi connectivity index (χ2v) is 5.95. The van der Waals surface area contributed by atoms with E-state index in [2.05, 4.69) is 22.3 Å². The number of anilines is 1. The maximum Gasteiger partial charge on any atom is 0.255 e. The summed E-state index contributed by atoms with van der Waals surface area (Å²) in [7, 11) is 0. The zero-order chi connectivity index (χ0) is 15.4. The van der Waals surface area contributed by atoms with Crippen LogP contribution in [0.15, 0.2) is 48.5 Å². The van der Waals surface area contributed by atoms with Crippen LogP contribution in [0, 0.1) is 6.92 Å². The second-order valence-electron chi connectivity index (χ2n) is 5.95. The van der Waals surface area contributed by atoms with Gasteiger partial charge in [0.15, 0.2) is 0 Å². The van der Waals surface area contributed by atoms with Gasteiger partial charge in [0.2, 0.25) is 0 Å². The van der Waals surface area contributed by atoms with Gasteiger partial charge in [0.25, 0.3) is 5.91 Å². The molecule has 1 aliphatic heterocycles. The van der Waals surface area contributed by atoms with Gasteiger partial charge < -0.3 is 5.32 Å². The summed E-state index contributed by atoms with van der Waals surface area (Å²) < 4.78 is 0. The number of benzene rings is 2. The van der Waals surface area contributed by atoms with E-state index < -0.39 is 0 Å². The number of carbonyl (C=O) groups excluding carboxylic acids is 1. The number of carbonyl (C=O) groups is 1. The number of likely N-dealkylation sites (tertiary alicyclic amines) is 1. The second kappa shape index (κ2) is 6.75. The number of nitrogens with zero attached hydrogens (tertiary/aromatic N) is 1. The van der Waals surface area contributed by atoms with Crippen LogP contribution >= 0.6 is 0 Å². The average molecular weight is 294 g/mol. The summed E-state index contributed by atoms with van der Waals surface area (Å²) in [6.45, 7) is 5.36. The molecule has 0 aliphatic carbocycles. The van der Waals surface area contributed by atoms with E-state index >= 15 is 0 Å². The lowest BCUT2D eigenvalue weighted by Crippen LogP contribution is -2.18. The van der Waals surface area contributed by atoms with Crippen molar-refractivity contribution >= 4 is 11.6 Å². The molecule has 3 nitrogen and oxygen atoms in total. The highest BCUT2D eigenvalue weighted by Crippen LogP contribution is 2.16. The number of amides is 1. The lowest BCUT2D eigenvalue weighted by molar-refractivity contribution is 0.102. The van der Waals surface area contributed by atoms with Gasteiger partial charge in [-0.15, -0.1) is 0 Å². The van der Waals surface area contributed by atoms with E-state index in [9.17, 15) is 4.79 Å². The number of nitrogens with one attached hydrogen (secondary N) is 1. The minimum atomic E-state index is -0.0506. The van der Waals surface area contributed by atoms with Crippen molar-refractivity contribution in [2.45, 2.75) is 26.3 Å². The number of rotatable bonds is 4. The lowest BCUT2D eigenvalue weighted by Gasteiger charge is -2.15. The molecule has 0 radical (unpaired) electrons. The van der Waals surface area contributed by atoms with E-state index in [0.29, 0.717) is 0 Å². The normalized spacial score (nSPS) is 15.0. The molecule has 1 saturated heterocycles. The minimum Gasteiger partial charge on any atom is -0.322 e. The summed E-state index contributed by atoms with van der Waals surface area (Å²) in [6, 6.07) is 15.8. The highest BCUT2D eigenvalue weighted by Gasteiger charge is 2.12.